The molecule has 3 N–H and O–H groups in total. The van der Waals surface area contributed by atoms with Gasteiger partial charge in [0, 0.05) is 30.6 Å². The van der Waals surface area contributed by atoms with Gasteiger partial charge in [-0.25, -0.2) is 0 Å². The third-order valence-electron chi connectivity index (χ3n) is 5.25. The Morgan fingerprint density at radius 1 is 1.08 bits per heavy atom. The number of amides is 2. The van der Waals surface area contributed by atoms with Crippen LogP contribution in [0.15, 0.2) is 24.3 Å². The summed E-state index contributed by atoms with van der Waals surface area (Å²) in [5.74, 6) is 0.361. The number of rotatable bonds is 6. The Labute approximate surface area is 150 Å². The van der Waals surface area contributed by atoms with Gasteiger partial charge in [-0.3, -0.25) is 9.59 Å². The standard InChI is InChI=1S/C20H29N3O2/c24-19(13-17-10-5-11-21-17)22-14-15-6-4-9-18(12-15)23-20(25)16-7-2-1-3-8-16/h4,6,9,12,16-17,21H,1-3,5,7-8,10-11,13-14H2,(H,22,24)(H,23,25). The number of benzene rings is 1. The minimum absolute atomic E-state index is 0.0797. The lowest BCUT2D eigenvalue weighted by molar-refractivity contribution is -0.122. The molecule has 1 heterocycles. The van der Waals surface area contributed by atoms with Crippen LogP contribution in [0.25, 0.3) is 0 Å². The van der Waals surface area contributed by atoms with E-state index in [2.05, 4.69) is 16.0 Å². The maximum atomic E-state index is 12.4. The topological polar surface area (TPSA) is 70.2 Å². The Morgan fingerprint density at radius 3 is 2.68 bits per heavy atom. The van der Waals surface area contributed by atoms with Crippen LogP contribution in [0, 0.1) is 5.92 Å². The van der Waals surface area contributed by atoms with E-state index < -0.39 is 0 Å². The third-order valence-corrected chi connectivity index (χ3v) is 5.25. The smallest absolute Gasteiger partial charge is 0.227 e. The van der Waals surface area contributed by atoms with Gasteiger partial charge in [0.05, 0.1) is 0 Å². The fraction of sp³-hybridized carbons (Fsp3) is 0.600. The van der Waals surface area contributed by atoms with Crippen LogP contribution >= 0.6 is 0 Å². The van der Waals surface area contributed by atoms with E-state index in [4.69, 9.17) is 0 Å². The van der Waals surface area contributed by atoms with Crippen LogP contribution < -0.4 is 16.0 Å². The molecule has 5 heteroatoms. The normalized spacial score (nSPS) is 21.0. The number of anilines is 1. The summed E-state index contributed by atoms with van der Waals surface area (Å²) < 4.78 is 0. The average Bonchev–Trinajstić information content (AvgIpc) is 3.14. The van der Waals surface area contributed by atoms with Crippen molar-refractivity contribution in [1.82, 2.24) is 10.6 Å². The largest absolute Gasteiger partial charge is 0.352 e. The van der Waals surface area contributed by atoms with Crippen LogP contribution in [0.4, 0.5) is 5.69 Å². The Bertz CT molecular complexity index is 590. The molecule has 2 fully saturated rings. The molecule has 0 aromatic heterocycles. The summed E-state index contributed by atoms with van der Waals surface area (Å²) in [6.07, 6.45) is 8.32. The van der Waals surface area contributed by atoms with Crippen molar-refractivity contribution in [3.05, 3.63) is 29.8 Å². The Morgan fingerprint density at radius 2 is 1.92 bits per heavy atom. The minimum atomic E-state index is 0.0797. The summed E-state index contributed by atoms with van der Waals surface area (Å²) in [7, 11) is 0. The van der Waals surface area contributed by atoms with Crippen molar-refractivity contribution in [3.8, 4) is 0 Å². The summed E-state index contributed by atoms with van der Waals surface area (Å²) in [5.41, 5.74) is 1.83. The zero-order valence-corrected chi connectivity index (χ0v) is 14.9. The molecule has 1 aromatic rings. The quantitative estimate of drug-likeness (QED) is 0.744. The fourth-order valence-electron chi connectivity index (χ4n) is 3.80. The van der Waals surface area contributed by atoms with E-state index in [1.54, 1.807) is 0 Å². The van der Waals surface area contributed by atoms with Gasteiger partial charge in [0.2, 0.25) is 11.8 Å². The molecule has 1 aliphatic carbocycles. The number of carbonyl (C=O) groups is 2. The molecule has 1 atom stereocenters. The van der Waals surface area contributed by atoms with Gasteiger partial charge in [-0.05, 0) is 49.9 Å². The van der Waals surface area contributed by atoms with Gasteiger partial charge in [0.15, 0.2) is 0 Å². The molecule has 1 saturated carbocycles. The molecule has 1 unspecified atom stereocenters. The average molecular weight is 343 g/mol. The van der Waals surface area contributed by atoms with Crippen molar-refractivity contribution in [2.24, 2.45) is 5.92 Å². The van der Waals surface area contributed by atoms with E-state index in [-0.39, 0.29) is 17.7 Å². The first-order valence-electron chi connectivity index (χ1n) is 9.60. The molecule has 0 spiro atoms. The van der Waals surface area contributed by atoms with E-state index in [1.807, 2.05) is 24.3 Å². The van der Waals surface area contributed by atoms with E-state index in [1.165, 1.54) is 6.42 Å². The highest BCUT2D eigenvalue weighted by atomic mass is 16.2. The first kappa shape index (κ1) is 17.9. The van der Waals surface area contributed by atoms with Crippen molar-refractivity contribution >= 4 is 17.5 Å². The van der Waals surface area contributed by atoms with Gasteiger partial charge in [0.1, 0.15) is 0 Å². The van der Waals surface area contributed by atoms with Crippen molar-refractivity contribution in [2.75, 3.05) is 11.9 Å². The second-order valence-corrected chi connectivity index (χ2v) is 7.30. The molecular formula is C20H29N3O2. The summed E-state index contributed by atoms with van der Waals surface area (Å²) in [5, 5.41) is 9.35. The van der Waals surface area contributed by atoms with Crippen LogP contribution in [0.1, 0.15) is 56.9 Å². The molecule has 3 rings (SSSR count). The van der Waals surface area contributed by atoms with E-state index in [0.717, 1.165) is 56.3 Å². The van der Waals surface area contributed by atoms with Crippen molar-refractivity contribution < 1.29 is 9.59 Å². The Balaban J connectivity index is 1.47. The Kier molecular flexibility index (Phi) is 6.45. The molecule has 25 heavy (non-hydrogen) atoms. The predicted molar refractivity (Wildman–Crippen MR) is 99.1 cm³/mol. The van der Waals surface area contributed by atoms with Gasteiger partial charge >= 0.3 is 0 Å². The zero-order valence-electron chi connectivity index (χ0n) is 14.9. The van der Waals surface area contributed by atoms with Crippen molar-refractivity contribution in [3.63, 3.8) is 0 Å². The highest BCUT2D eigenvalue weighted by Crippen LogP contribution is 2.25. The molecule has 136 valence electrons. The van der Waals surface area contributed by atoms with Crippen molar-refractivity contribution in [2.45, 2.75) is 64.0 Å². The molecule has 2 amide bonds. The van der Waals surface area contributed by atoms with Gasteiger partial charge in [0.25, 0.3) is 0 Å². The number of carbonyl (C=O) groups excluding carboxylic acids is 2. The lowest BCUT2D eigenvalue weighted by atomic mass is 9.88. The molecular weight excluding hydrogens is 314 g/mol. The van der Waals surface area contributed by atoms with Gasteiger partial charge in [-0.1, -0.05) is 31.4 Å². The first-order valence-corrected chi connectivity index (χ1v) is 9.60. The number of nitrogens with one attached hydrogen (secondary N) is 3. The summed E-state index contributed by atoms with van der Waals surface area (Å²) in [4.78, 5) is 24.4. The van der Waals surface area contributed by atoms with E-state index in [0.29, 0.717) is 19.0 Å². The van der Waals surface area contributed by atoms with Crippen LogP contribution in [0.2, 0.25) is 0 Å². The summed E-state index contributed by atoms with van der Waals surface area (Å²) in [6.45, 7) is 1.51. The SMILES string of the molecule is O=C(CC1CCCN1)NCc1cccc(NC(=O)C2CCCCC2)c1. The number of hydrogen-bond donors (Lipinski definition) is 3. The molecule has 0 radical (unpaired) electrons. The molecule has 1 saturated heterocycles. The van der Waals surface area contributed by atoms with Gasteiger partial charge in [-0.15, -0.1) is 0 Å². The zero-order chi connectivity index (χ0) is 17.5. The molecule has 1 aliphatic heterocycles. The van der Waals surface area contributed by atoms with Crippen LogP contribution in [-0.4, -0.2) is 24.4 Å². The first-order chi connectivity index (χ1) is 12.2. The minimum Gasteiger partial charge on any atom is -0.352 e. The van der Waals surface area contributed by atoms with Crippen LogP contribution in [0.5, 0.6) is 0 Å². The van der Waals surface area contributed by atoms with E-state index >= 15 is 0 Å². The molecule has 5 nitrogen and oxygen atoms in total. The summed E-state index contributed by atoms with van der Waals surface area (Å²) in [6, 6.07) is 8.09. The summed E-state index contributed by atoms with van der Waals surface area (Å²) >= 11 is 0. The molecule has 1 aromatic carbocycles. The second-order valence-electron chi connectivity index (χ2n) is 7.30. The molecule has 2 aliphatic rings. The maximum absolute atomic E-state index is 12.4. The lowest BCUT2D eigenvalue weighted by Crippen LogP contribution is -2.31. The monoisotopic (exact) mass is 343 g/mol. The van der Waals surface area contributed by atoms with Gasteiger partial charge in [-0.2, -0.15) is 0 Å². The lowest BCUT2D eigenvalue weighted by Gasteiger charge is -2.20. The fourth-order valence-corrected chi connectivity index (χ4v) is 3.80. The predicted octanol–water partition coefficient (Wildman–Crippen LogP) is 2.96. The van der Waals surface area contributed by atoms with E-state index in [9.17, 15) is 9.59 Å². The third kappa shape index (κ3) is 5.56. The maximum Gasteiger partial charge on any atom is 0.227 e. The highest BCUT2D eigenvalue weighted by molar-refractivity contribution is 5.92. The van der Waals surface area contributed by atoms with Crippen LogP contribution in [-0.2, 0) is 16.1 Å². The molecule has 0 bridgehead atoms. The van der Waals surface area contributed by atoms with Crippen molar-refractivity contribution in [1.29, 1.82) is 0 Å². The number of hydrogen-bond acceptors (Lipinski definition) is 3. The van der Waals surface area contributed by atoms with Crippen LogP contribution in [0.3, 0.4) is 0 Å². The highest BCUT2D eigenvalue weighted by Gasteiger charge is 2.21. The second kappa shape index (κ2) is 8.99. The Hall–Kier alpha value is -1.88. The van der Waals surface area contributed by atoms with Gasteiger partial charge < -0.3 is 16.0 Å².